The molecule has 0 atom stereocenters. The molecule has 1 aliphatic heterocycles. The van der Waals surface area contributed by atoms with E-state index in [2.05, 4.69) is 27.9 Å². The van der Waals surface area contributed by atoms with Gasteiger partial charge in [0.1, 0.15) is 11.6 Å². The van der Waals surface area contributed by atoms with E-state index in [1.807, 2.05) is 12.1 Å². The average Bonchev–Trinajstić information content (AvgIpc) is 2.86. The lowest BCUT2D eigenvalue weighted by atomic mass is 9.82. The number of hydrogen-bond donors (Lipinski definition) is 3. The summed E-state index contributed by atoms with van der Waals surface area (Å²) in [7, 11) is 1.73. The number of hydrogen-bond acceptors (Lipinski definition) is 6. The molecule has 0 radical (unpaired) electrons. The highest BCUT2D eigenvalue weighted by atomic mass is 35.5. The van der Waals surface area contributed by atoms with Gasteiger partial charge in [0.15, 0.2) is 0 Å². The first kappa shape index (κ1) is 26.1. The van der Waals surface area contributed by atoms with Crippen LogP contribution in [0.15, 0.2) is 30.5 Å². The summed E-state index contributed by atoms with van der Waals surface area (Å²) in [5, 5.41) is 11.0. The molecule has 4 rings (SSSR count). The van der Waals surface area contributed by atoms with Crippen molar-refractivity contribution in [1.29, 1.82) is 0 Å². The van der Waals surface area contributed by atoms with Crippen LogP contribution in [0.2, 0.25) is 5.02 Å². The monoisotopic (exact) mass is 504 g/mol. The van der Waals surface area contributed by atoms with E-state index in [1.165, 1.54) is 6.07 Å². The Bertz CT molecular complexity index is 962. The number of anilines is 2. The van der Waals surface area contributed by atoms with Gasteiger partial charge in [-0.15, -0.1) is 0 Å². The van der Waals surface area contributed by atoms with Gasteiger partial charge < -0.3 is 25.4 Å². The maximum Gasteiger partial charge on any atom is 0.146 e. The molecule has 0 spiro atoms. The summed E-state index contributed by atoms with van der Waals surface area (Å²) in [6, 6.07) is 8.03. The molecule has 2 aromatic rings. The maximum absolute atomic E-state index is 14.6. The molecular weight excluding hydrogens is 467 g/mol. The first-order chi connectivity index (χ1) is 17.0. The van der Waals surface area contributed by atoms with Gasteiger partial charge in [-0.1, -0.05) is 24.6 Å². The highest BCUT2D eigenvalue weighted by molar-refractivity contribution is 6.33. The third kappa shape index (κ3) is 7.29. The molecule has 0 amide bonds. The topological polar surface area (TPSA) is 67.4 Å². The lowest BCUT2D eigenvalue weighted by Crippen LogP contribution is -2.38. The molecule has 2 fully saturated rings. The molecule has 35 heavy (non-hydrogen) atoms. The van der Waals surface area contributed by atoms with Gasteiger partial charge in [0, 0.05) is 57.3 Å². The van der Waals surface area contributed by atoms with Crippen molar-refractivity contribution in [3.05, 3.63) is 41.3 Å². The minimum Gasteiger partial charge on any atom is -0.383 e. The number of nitrogens with one attached hydrogen (secondary N) is 3. The second-order valence-electron chi connectivity index (χ2n) is 10.2. The van der Waals surface area contributed by atoms with Crippen LogP contribution in [-0.2, 0) is 9.47 Å². The number of rotatable bonds is 10. The Morgan fingerprint density at radius 1 is 1.14 bits per heavy atom. The lowest BCUT2D eigenvalue weighted by Gasteiger charge is -2.34. The van der Waals surface area contributed by atoms with E-state index in [0.29, 0.717) is 29.3 Å². The average molecular weight is 505 g/mol. The third-order valence-corrected chi connectivity index (χ3v) is 7.66. The van der Waals surface area contributed by atoms with E-state index in [4.69, 9.17) is 21.1 Å². The fourth-order valence-electron chi connectivity index (χ4n) is 4.93. The van der Waals surface area contributed by atoms with Gasteiger partial charge in [-0.2, -0.15) is 0 Å². The molecule has 2 aliphatic rings. The summed E-state index contributed by atoms with van der Waals surface area (Å²) in [5.41, 5.74) is 2.31. The van der Waals surface area contributed by atoms with E-state index >= 15 is 0 Å². The van der Waals surface area contributed by atoms with E-state index < -0.39 is 0 Å². The van der Waals surface area contributed by atoms with Gasteiger partial charge in [-0.3, -0.25) is 0 Å². The number of methoxy groups -OCH3 is 1. The molecule has 6 nitrogen and oxygen atoms in total. The molecule has 1 aromatic carbocycles. The molecule has 192 valence electrons. The van der Waals surface area contributed by atoms with Crippen LogP contribution in [0.3, 0.4) is 0 Å². The highest BCUT2D eigenvalue weighted by Gasteiger charge is 2.27. The molecule has 1 saturated carbocycles. The van der Waals surface area contributed by atoms with Crippen molar-refractivity contribution in [2.24, 2.45) is 5.41 Å². The normalized spacial score (nSPS) is 22.1. The molecular formula is C27H38ClFN4O2. The molecule has 1 aliphatic carbocycles. The fourth-order valence-corrected chi connectivity index (χ4v) is 5.15. The highest BCUT2D eigenvalue weighted by Crippen LogP contribution is 2.34. The SMILES string of the molecule is COCCN[C@H]1CC[C@H](Nc2cc(-c3ccc(F)c(NCC4(C)CCOCC4)c3)c(Cl)cn2)CC1. The van der Waals surface area contributed by atoms with Crippen LogP contribution in [-0.4, -0.2) is 57.1 Å². The van der Waals surface area contributed by atoms with Crippen molar-refractivity contribution >= 4 is 23.1 Å². The van der Waals surface area contributed by atoms with Crippen molar-refractivity contribution in [3.63, 3.8) is 0 Å². The quantitative estimate of drug-likeness (QED) is 0.359. The Balaban J connectivity index is 1.40. The number of nitrogens with zero attached hydrogens (tertiary/aromatic N) is 1. The van der Waals surface area contributed by atoms with Gasteiger partial charge in [0.05, 0.1) is 17.3 Å². The van der Waals surface area contributed by atoms with Crippen molar-refractivity contribution in [3.8, 4) is 11.1 Å². The molecule has 2 heterocycles. The Morgan fingerprint density at radius 2 is 1.89 bits per heavy atom. The van der Waals surface area contributed by atoms with Crippen molar-refractivity contribution in [1.82, 2.24) is 10.3 Å². The Labute approximate surface area is 213 Å². The molecule has 8 heteroatoms. The zero-order valence-electron chi connectivity index (χ0n) is 20.8. The maximum atomic E-state index is 14.6. The van der Waals surface area contributed by atoms with Crippen molar-refractivity contribution in [2.45, 2.75) is 57.5 Å². The molecule has 0 bridgehead atoms. The Morgan fingerprint density at radius 3 is 2.63 bits per heavy atom. The smallest absolute Gasteiger partial charge is 0.146 e. The van der Waals surface area contributed by atoms with Crippen LogP contribution >= 0.6 is 11.6 Å². The third-order valence-electron chi connectivity index (χ3n) is 7.36. The van der Waals surface area contributed by atoms with Crippen LogP contribution in [0.4, 0.5) is 15.9 Å². The van der Waals surface area contributed by atoms with Crippen molar-refractivity contribution < 1.29 is 13.9 Å². The number of pyridine rings is 1. The summed E-state index contributed by atoms with van der Waals surface area (Å²) in [6.45, 7) is 6.08. The number of benzene rings is 1. The molecule has 3 N–H and O–H groups in total. The molecule has 1 saturated heterocycles. The van der Waals surface area contributed by atoms with Gasteiger partial charge in [0.2, 0.25) is 0 Å². The van der Waals surface area contributed by atoms with Crippen LogP contribution in [0.1, 0.15) is 45.4 Å². The lowest BCUT2D eigenvalue weighted by molar-refractivity contribution is 0.0300. The summed E-state index contributed by atoms with van der Waals surface area (Å²) >= 11 is 6.53. The number of halogens is 2. The van der Waals surface area contributed by atoms with Crippen LogP contribution < -0.4 is 16.0 Å². The first-order valence-corrected chi connectivity index (χ1v) is 13.1. The van der Waals surface area contributed by atoms with Gasteiger partial charge in [-0.05, 0) is 67.7 Å². The predicted molar refractivity (Wildman–Crippen MR) is 141 cm³/mol. The Hall–Kier alpha value is -1.93. The first-order valence-electron chi connectivity index (χ1n) is 12.7. The van der Waals surface area contributed by atoms with Gasteiger partial charge in [0.25, 0.3) is 0 Å². The number of ether oxygens (including phenoxy) is 2. The summed E-state index contributed by atoms with van der Waals surface area (Å²) < 4.78 is 25.2. The van der Waals surface area contributed by atoms with Crippen LogP contribution in [0.25, 0.3) is 11.1 Å². The molecule has 1 aromatic heterocycles. The van der Waals surface area contributed by atoms with Crippen LogP contribution in [0, 0.1) is 11.2 Å². The standard InChI is InChI=1S/C27H38ClFN4O2/c1-27(9-12-35-13-10-27)18-32-25-15-19(3-8-24(25)29)22-16-26(31-17-23(22)28)33-21-6-4-20(5-7-21)30-11-14-34-2/h3,8,15-17,20-21,30,32H,4-7,9-14,18H2,1-2H3,(H,31,33)/t20-,21-. The summed E-state index contributed by atoms with van der Waals surface area (Å²) in [5.74, 6) is 0.539. The van der Waals surface area contributed by atoms with E-state index in [9.17, 15) is 4.39 Å². The minimum absolute atomic E-state index is 0.102. The fraction of sp³-hybridized carbons (Fsp3) is 0.593. The van der Waals surface area contributed by atoms with Crippen molar-refractivity contribution in [2.75, 3.05) is 50.7 Å². The zero-order valence-corrected chi connectivity index (χ0v) is 21.6. The van der Waals surface area contributed by atoms with E-state index in [0.717, 1.165) is 81.8 Å². The van der Waals surface area contributed by atoms with E-state index in [-0.39, 0.29) is 11.2 Å². The van der Waals surface area contributed by atoms with E-state index in [1.54, 1.807) is 19.4 Å². The predicted octanol–water partition coefficient (Wildman–Crippen LogP) is 5.73. The summed E-state index contributed by atoms with van der Waals surface area (Å²) in [6.07, 6.45) is 8.03. The second-order valence-corrected chi connectivity index (χ2v) is 10.6. The second kappa shape index (κ2) is 12.3. The Kier molecular flexibility index (Phi) is 9.22. The zero-order chi connectivity index (χ0) is 24.7. The van der Waals surface area contributed by atoms with Crippen LogP contribution in [0.5, 0.6) is 0 Å². The van der Waals surface area contributed by atoms with Gasteiger partial charge >= 0.3 is 0 Å². The molecule has 0 unspecified atom stereocenters. The summed E-state index contributed by atoms with van der Waals surface area (Å²) in [4.78, 5) is 4.51. The van der Waals surface area contributed by atoms with Gasteiger partial charge in [-0.25, -0.2) is 9.37 Å². The minimum atomic E-state index is -0.260. The largest absolute Gasteiger partial charge is 0.383 e. The number of aromatic nitrogens is 1.